The topological polar surface area (TPSA) is 73.6 Å². The third-order valence-electron chi connectivity index (χ3n) is 4.71. The van der Waals surface area contributed by atoms with Gasteiger partial charge in [0.2, 0.25) is 0 Å². The van der Waals surface area contributed by atoms with Crippen molar-refractivity contribution in [1.29, 1.82) is 0 Å². The number of ketones is 1. The summed E-state index contributed by atoms with van der Waals surface area (Å²) >= 11 is 4.96. The minimum Gasteiger partial charge on any atom is -0.385 e. The number of hydrogen-bond donors (Lipinski definition) is 2. The van der Waals surface area contributed by atoms with E-state index in [1.165, 1.54) is 5.49 Å². The summed E-state index contributed by atoms with van der Waals surface area (Å²) in [5.41, 5.74) is 11.5. The fourth-order valence-corrected chi connectivity index (χ4v) is 3.54. The van der Waals surface area contributed by atoms with Gasteiger partial charge in [-0.2, -0.15) is 0 Å². The summed E-state index contributed by atoms with van der Waals surface area (Å²) in [4.78, 5) is 13.0. The molecule has 0 aromatic heterocycles. The van der Waals surface area contributed by atoms with Crippen LogP contribution in [0, 0.1) is 0 Å². The number of carbonyl (C=O) groups excluding carboxylic acids is 1. The van der Waals surface area contributed by atoms with Crippen LogP contribution in [0.15, 0.2) is 53.6 Å². The molecular formula is C21H24N2O3S. The molecule has 2 aliphatic carbocycles. The first-order valence-corrected chi connectivity index (χ1v) is 9.47. The highest BCUT2D eigenvalue weighted by Crippen LogP contribution is 2.34. The van der Waals surface area contributed by atoms with Crippen LogP contribution in [0.1, 0.15) is 28.8 Å². The Morgan fingerprint density at radius 1 is 1.33 bits per heavy atom. The maximum atomic E-state index is 13.0. The summed E-state index contributed by atoms with van der Waals surface area (Å²) in [5.74, 6) is -0.0603. The second kappa shape index (κ2) is 9.19. The lowest BCUT2D eigenvalue weighted by molar-refractivity contribution is 0.0666. The third-order valence-corrected chi connectivity index (χ3v) is 4.83. The van der Waals surface area contributed by atoms with E-state index in [1.54, 1.807) is 7.11 Å². The summed E-state index contributed by atoms with van der Waals surface area (Å²) in [7, 11) is 1.68. The van der Waals surface area contributed by atoms with Gasteiger partial charge in [-0.15, -0.1) is 0 Å². The first-order valence-electron chi connectivity index (χ1n) is 9.00. The summed E-state index contributed by atoms with van der Waals surface area (Å²) in [6, 6.07) is 6.92. The number of thiocarbonyl (C=S) groups is 1. The number of ether oxygens (including phenoxy) is 2. The molecule has 0 radical (unpaired) electrons. The van der Waals surface area contributed by atoms with E-state index in [0.29, 0.717) is 30.0 Å². The predicted octanol–water partition coefficient (Wildman–Crippen LogP) is 2.78. The van der Waals surface area contributed by atoms with Crippen LogP contribution in [-0.4, -0.2) is 43.7 Å². The second-order valence-electron chi connectivity index (χ2n) is 6.46. The van der Waals surface area contributed by atoms with E-state index in [4.69, 9.17) is 27.4 Å². The molecule has 0 spiro atoms. The molecule has 0 aliphatic heterocycles. The smallest absolute Gasteiger partial charge is 0.193 e. The molecule has 0 fully saturated rings. The number of benzene rings is 1. The fourth-order valence-electron chi connectivity index (χ4n) is 3.42. The lowest BCUT2D eigenvalue weighted by Crippen LogP contribution is -2.31. The molecule has 0 amide bonds. The van der Waals surface area contributed by atoms with Gasteiger partial charge in [-0.25, -0.2) is 0 Å². The zero-order valence-corrected chi connectivity index (χ0v) is 16.1. The Morgan fingerprint density at radius 2 is 2.11 bits per heavy atom. The zero-order chi connectivity index (χ0) is 19.2. The summed E-state index contributed by atoms with van der Waals surface area (Å²) < 4.78 is 10.9. The van der Waals surface area contributed by atoms with Crippen molar-refractivity contribution in [3.05, 3.63) is 64.8 Å². The van der Waals surface area contributed by atoms with Crippen molar-refractivity contribution in [3.63, 3.8) is 0 Å². The Labute approximate surface area is 164 Å². The molecule has 2 atom stereocenters. The molecule has 0 bridgehead atoms. The van der Waals surface area contributed by atoms with Gasteiger partial charge in [-0.3, -0.25) is 4.79 Å². The van der Waals surface area contributed by atoms with Crippen molar-refractivity contribution >= 4 is 29.2 Å². The number of nitrogens with two attached hydrogens (primary N) is 1. The molecule has 0 saturated heterocycles. The molecule has 3 N–H and O–H groups in total. The molecule has 2 unspecified atom stereocenters. The number of nitrogens with one attached hydrogen (secondary N) is 1. The average Bonchev–Trinajstić information content (AvgIpc) is 2.97. The van der Waals surface area contributed by atoms with E-state index >= 15 is 0 Å². The van der Waals surface area contributed by atoms with Gasteiger partial charge in [-0.05, 0) is 18.4 Å². The number of rotatable bonds is 9. The van der Waals surface area contributed by atoms with E-state index < -0.39 is 6.04 Å². The lowest BCUT2D eigenvalue weighted by atomic mass is 9.91. The van der Waals surface area contributed by atoms with Gasteiger partial charge < -0.3 is 20.5 Å². The van der Waals surface area contributed by atoms with Crippen molar-refractivity contribution in [1.82, 2.24) is 5.32 Å². The van der Waals surface area contributed by atoms with Crippen LogP contribution in [0.25, 0.3) is 5.70 Å². The van der Waals surface area contributed by atoms with Crippen LogP contribution >= 0.6 is 12.2 Å². The van der Waals surface area contributed by atoms with E-state index in [1.807, 2.05) is 42.5 Å². The molecule has 2 aliphatic rings. The fraction of sp³-hybridized carbons (Fsp3) is 0.333. The highest BCUT2D eigenvalue weighted by molar-refractivity contribution is 7.78. The molecular weight excluding hydrogens is 360 g/mol. The maximum absolute atomic E-state index is 13.0. The largest absolute Gasteiger partial charge is 0.385 e. The molecule has 1 aromatic carbocycles. The molecule has 0 heterocycles. The van der Waals surface area contributed by atoms with Crippen LogP contribution in [0.3, 0.4) is 0 Å². The monoisotopic (exact) mass is 384 g/mol. The van der Waals surface area contributed by atoms with Crippen molar-refractivity contribution in [2.45, 2.75) is 25.0 Å². The van der Waals surface area contributed by atoms with Gasteiger partial charge in [0.15, 0.2) is 5.78 Å². The highest BCUT2D eigenvalue weighted by atomic mass is 32.1. The standard InChI is InChI=1S/C21H24N2O3S/c1-25-10-5-11-26-15-7-4-6-14(12-15)19(22)18-20(23-13-27)16-8-2-3-9-17(16)21(18)24/h2-4,6,8-9,12-13,15,19H,5,7,10-11,22H2,1H3,(H,23,27). The minimum atomic E-state index is -0.552. The van der Waals surface area contributed by atoms with E-state index in [2.05, 4.69) is 5.32 Å². The Kier molecular flexibility index (Phi) is 6.68. The molecule has 27 heavy (non-hydrogen) atoms. The van der Waals surface area contributed by atoms with Gasteiger partial charge in [0.05, 0.1) is 23.3 Å². The van der Waals surface area contributed by atoms with Crippen molar-refractivity contribution < 1.29 is 14.3 Å². The van der Waals surface area contributed by atoms with Crippen LogP contribution in [-0.2, 0) is 9.47 Å². The Morgan fingerprint density at radius 3 is 2.85 bits per heavy atom. The first-order chi connectivity index (χ1) is 13.2. The van der Waals surface area contributed by atoms with Gasteiger partial charge in [0.25, 0.3) is 0 Å². The Balaban J connectivity index is 1.83. The van der Waals surface area contributed by atoms with Crippen LogP contribution < -0.4 is 11.1 Å². The van der Waals surface area contributed by atoms with Crippen molar-refractivity contribution in [2.75, 3.05) is 20.3 Å². The van der Waals surface area contributed by atoms with Gasteiger partial charge >= 0.3 is 0 Å². The summed E-state index contributed by atoms with van der Waals surface area (Å²) in [6.45, 7) is 1.29. The molecule has 0 saturated carbocycles. The number of Topliss-reactive ketones (excluding diaryl/α,β-unsaturated/α-hetero) is 1. The normalized spacial score (nSPS) is 19.7. The number of fused-ring (bicyclic) bond motifs is 1. The average molecular weight is 385 g/mol. The van der Waals surface area contributed by atoms with Crippen LogP contribution in [0.2, 0.25) is 0 Å². The predicted molar refractivity (Wildman–Crippen MR) is 111 cm³/mol. The molecule has 1 aromatic rings. The quantitative estimate of drug-likeness (QED) is 0.504. The zero-order valence-electron chi connectivity index (χ0n) is 15.3. The highest BCUT2D eigenvalue weighted by Gasteiger charge is 2.34. The van der Waals surface area contributed by atoms with Crippen molar-refractivity contribution in [2.24, 2.45) is 5.73 Å². The van der Waals surface area contributed by atoms with Gasteiger partial charge in [-0.1, -0.05) is 54.7 Å². The number of carbonyl (C=O) groups is 1. The van der Waals surface area contributed by atoms with Gasteiger partial charge in [0, 0.05) is 37.0 Å². The lowest BCUT2D eigenvalue weighted by Gasteiger charge is -2.22. The van der Waals surface area contributed by atoms with E-state index in [-0.39, 0.29) is 11.9 Å². The molecule has 3 rings (SSSR count). The van der Waals surface area contributed by atoms with Crippen LogP contribution in [0.5, 0.6) is 0 Å². The molecule has 6 heteroatoms. The maximum Gasteiger partial charge on any atom is 0.193 e. The first kappa shape index (κ1) is 19.6. The summed E-state index contributed by atoms with van der Waals surface area (Å²) in [5, 5.41) is 3.03. The van der Waals surface area contributed by atoms with Gasteiger partial charge in [0.1, 0.15) is 0 Å². The number of hydrogen-bond acceptors (Lipinski definition) is 5. The third kappa shape index (κ3) is 4.25. The summed E-state index contributed by atoms with van der Waals surface area (Å²) in [6.07, 6.45) is 7.60. The number of methoxy groups -OCH3 is 1. The Hall–Kier alpha value is -2.12. The van der Waals surface area contributed by atoms with E-state index in [9.17, 15) is 4.79 Å². The Bertz CT molecular complexity index is 813. The minimum absolute atomic E-state index is 0.0469. The second-order valence-corrected chi connectivity index (χ2v) is 6.70. The SMILES string of the molecule is COCCCOC1C=C(C(N)C2=C(NC=S)c3ccccc3C2=O)C=CC1. The van der Waals surface area contributed by atoms with E-state index in [0.717, 1.165) is 24.0 Å². The van der Waals surface area contributed by atoms with Crippen LogP contribution in [0.4, 0.5) is 0 Å². The molecule has 5 nitrogen and oxygen atoms in total. The van der Waals surface area contributed by atoms with Crippen molar-refractivity contribution in [3.8, 4) is 0 Å². The molecule has 142 valence electrons.